The van der Waals surface area contributed by atoms with Gasteiger partial charge in [-0.2, -0.15) is 18.3 Å². The van der Waals surface area contributed by atoms with Crippen molar-refractivity contribution in [3.63, 3.8) is 0 Å². The number of rotatable bonds is 3. The molecule has 0 aliphatic carbocycles. The molecule has 1 fully saturated rings. The number of fused-ring (bicyclic) bond motifs is 1. The van der Waals surface area contributed by atoms with Gasteiger partial charge in [-0.15, -0.1) is 12.4 Å². The standard InChI is InChI=1S/C23H19F3N4O.ClH/c24-23(25,26)18-14-19(15-6-8-17(9-7-15)30-10-12-31-13-11-30)27-22-20(18)21(28-29-22)16-4-2-1-3-5-16;/h1-9,14H,10-13H2,(H,27,28,29);1H. The minimum atomic E-state index is -4.54. The summed E-state index contributed by atoms with van der Waals surface area (Å²) in [6.45, 7) is 2.91. The maximum absolute atomic E-state index is 14.0. The van der Waals surface area contributed by atoms with Gasteiger partial charge in [-0.05, 0) is 18.2 Å². The Hall–Kier alpha value is -3.10. The fraction of sp³-hybridized carbons (Fsp3) is 0.217. The third-order valence-electron chi connectivity index (χ3n) is 5.42. The van der Waals surface area contributed by atoms with Crippen molar-refractivity contribution in [3.8, 4) is 22.5 Å². The molecule has 0 amide bonds. The summed E-state index contributed by atoms with van der Waals surface area (Å²) < 4.78 is 47.4. The second kappa shape index (κ2) is 8.80. The molecule has 0 unspecified atom stereocenters. The average Bonchev–Trinajstić information content (AvgIpc) is 3.23. The summed E-state index contributed by atoms with van der Waals surface area (Å²) in [7, 11) is 0. The minimum Gasteiger partial charge on any atom is -0.378 e. The van der Waals surface area contributed by atoms with E-state index in [2.05, 4.69) is 20.1 Å². The van der Waals surface area contributed by atoms with Gasteiger partial charge in [0.1, 0.15) is 5.69 Å². The van der Waals surface area contributed by atoms with Crippen LogP contribution < -0.4 is 4.90 Å². The molecule has 0 spiro atoms. The largest absolute Gasteiger partial charge is 0.417 e. The van der Waals surface area contributed by atoms with Gasteiger partial charge in [0, 0.05) is 29.9 Å². The summed E-state index contributed by atoms with van der Waals surface area (Å²) in [4.78, 5) is 6.64. The van der Waals surface area contributed by atoms with Crippen molar-refractivity contribution in [2.45, 2.75) is 6.18 Å². The molecule has 2 aromatic heterocycles. The third kappa shape index (κ3) is 4.16. The van der Waals surface area contributed by atoms with E-state index in [1.807, 2.05) is 12.1 Å². The van der Waals surface area contributed by atoms with Gasteiger partial charge in [0.2, 0.25) is 0 Å². The van der Waals surface area contributed by atoms with Crippen LogP contribution in [0, 0.1) is 0 Å². The topological polar surface area (TPSA) is 54.0 Å². The SMILES string of the molecule is Cl.FC(F)(F)c1cc(-c2ccc(N3CCOCC3)cc2)nc2[nH]nc(-c3ccccc3)c12. The molecule has 1 saturated heterocycles. The lowest BCUT2D eigenvalue weighted by Crippen LogP contribution is -2.36. The Morgan fingerprint density at radius 2 is 1.59 bits per heavy atom. The molecule has 0 radical (unpaired) electrons. The van der Waals surface area contributed by atoms with E-state index < -0.39 is 11.7 Å². The van der Waals surface area contributed by atoms with E-state index in [0.29, 0.717) is 24.3 Å². The number of H-pyrrole nitrogens is 1. The van der Waals surface area contributed by atoms with Crippen molar-refractivity contribution in [2.75, 3.05) is 31.2 Å². The molecule has 2 aromatic carbocycles. The van der Waals surface area contributed by atoms with Crippen LogP contribution in [0.4, 0.5) is 18.9 Å². The van der Waals surface area contributed by atoms with Gasteiger partial charge in [-0.3, -0.25) is 5.10 Å². The van der Waals surface area contributed by atoms with Crippen LogP contribution in [0.3, 0.4) is 0 Å². The number of pyridine rings is 1. The molecule has 4 aromatic rings. The van der Waals surface area contributed by atoms with E-state index in [1.54, 1.807) is 42.5 Å². The molecule has 5 rings (SSSR count). The summed E-state index contributed by atoms with van der Waals surface area (Å²) in [5.74, 6) is 0. The molecular weight excluding hydrogens is 441 g/mol. The summed E-state index contributed by atoms with van der Waals surface area (Å²) in [5.41, 5.74) is 2.07. The number of aromatic amines is 1. The van der Waals surface area contributed by atoms with E-state index in [4.69, 9.17) is 4.74 Å². The number of halogens is 4. The maximum Gasteiger partial charge on any atom is 0.417 e. The number of ether oxygens (including phenoxy) is 1. The molecule has 5 nitrogen and oxygen atoms in total. The third-order valence-corrected chi connectivity index (χ3v) is 5.42. The van der Waals surface area contributed by atoms with Gasteiger partial charge < -0.3 is 9.64 Å². The zero-order chi connectivity index (χ0) is 21.4. The van der Waals surface area contributed by atoms with Crippen molar-refractivity contribution in [1.82, 2.24) is 15.2 Å². The van der Waals surface area contributed by atoms with Crippen LogP contribution >= 0.6 is 12.4 Å². The Balaban J connectivity index is 0.00000245. The summed E-state index contributed by atoms with van der Waals surface area (Å²) in [6, 6.07) is 17.3. The van der Waals surface area contributed by atoms with E-state index >= 15 is 0 Å². The van der Waals surface area contributed by atoms with Gasteiger partial charge in [0.05, 0.1) is 29.9 Å². The number of nitrogens with one attached hydrogen (secondary N) is 1. The monoisotopic (exact) mass is 460 g/mol. The zero-order valence-electron chi connectivity index (χ0n) is 16.9. The Morgan fingerprint density at radius 3 is 2.25 bits per heavy atom. The highest BCUT2D eigenvalue weighted by Gasteiger charge is 2.35. The van der Waals surface area contributed by atoms with Crippen molar-refractivity contribution in [2.24, 2.45) is 0 Å². The lowest BCUT2D eigenvalue weighted by atomic mass is 10.0. The van der Waals surface area contributed by atoms with Crippen LogP contribution in [0.1, 0.15) is 5.56 Å². The molecule has 3 heterocycles. The number of alkyl halides is 3. The first kappa shape index (κ1) is 22.1. The van der Waals surface area contributed by atoms with Crippen LogP contribution in [0.2, 0.25) is 0 Å². The van der Waals surface area contributed by atoms with E-state index in [1.165, 1.54) is 0 Å². The molecule has 0 atom stereocenters. The van der Waals surface area contributed by atoms with Crippen LogP contribution in [0.15, 0.2) is 60.7 Å². The Kier molecular flexibility index (Phi) is 6.08. The van der Waals surface area contributed by atoms with Crippen molar-refractivity contribution in [1.29, 1.82) is 0 Å². The summed E-state index contributed by atoms with van der Waals surface area (Å²) in [5, 5.41) is 6.81. The second-order valence-corrected chi connectivity index (χ2v) is 7.36. The highest BCUT2D eigenvalue weighted by atomic mass is 35.5. The summed E-state index contributed by atoms with van der Waals surface area (Å²) >= 11 is 0. The van der Waals surface area contributed by atoms with Crippen LogP contribution in [-0.4, -0.2) is 41.5 Å². The van der Waals surface area contributed by atoms with Crippen LogP contribution in [0.5, 0.6) is 0 Å². The Morgan fingerprint density at radius 1 is 0.906 bits per heavy atom. The molecule has 0 saturated carbocycles. The quantitative estimate of drug-likeness (QED) is 0.434. The Labute approximate surface area is 188 Å². The first-order chi connectivity index (χ1) is 15.0. The average molecular weight is 461 g/mol. The molecule has 166 valence electrons. The number of morpholine rings is 1. The number of hydrogen-bond donors (Lipinski definition) is 1. The van der Waals surface area contributed by atoms with Crippen molar-refractivity contribution < 1.29 is 17.9 Å². The van der Waals surface area contributed by atoms with Crippen molar-refractivity contribution >= 4 is 29.1 Å². The van der Waals surface area contributed by atoms with Crippen LogP contribution in [0.25, 0.3) is 33.5 Å². The molecular formula is C23H20ClF3N4O. The molecule has 1 aliphatic rings. The van der Waals surface area contributed by atoms with Gasteiger partial charge in [-0.1, -0.05) is 42.5 Å². The molecule has 0 bridgehead atoms. The number of hydrogen-bond acceptors (Lipinski definition) is 4. The molecule has 1 N–H and O–H groups in total. The first-order valence-corrected chi connectivity index (χ1v) is 9.95. The van der Waals surface area contributed by atoms with E-state index in [0.717, 1.165) is 24.8 Å². The number of aromatic nitrogens is 3. The van der Waals surface area contributed by atoms with Gasteiger partial charge in [-0.25, -0.2) is 4.98 Å². The van der Waals surface area contributed by atoms with E-state index in [9.17, 15) is 13.2 Å². The molecule has 9 heteroatoms. The predicted octanol–water partition coefficient (Wildman–Crippen LogP) is 5.57. The first-order valence-electron chi connectivity index (χ1n) is 9.95. The fourth-order valence-corrected chi connectivity index (χ4v) is 3.87. The maximum atomic E-state index is 14.0. The zero-order valence-corrected chi connectivity index (χ0v) is 17.7. The lowest BCUT2D eigenvalue weighted by Gasteiger charge is -2.28. The smallest absolute Gasteiger partial charge is 0.378 e. The van der Waals surface area contributed by atoms with Crippen molar-refractivity contribution in [3.05, 3.63) is 66.2 Å². The lowest BCUT2D eigenvalue weighted by molar-refractivity contribution is -0.136. The van der Waals surface area contributed by atoms with Gasteiger partial charge >= 0.3 is 6.18 Å². The van der Waals surface area contributed by atoms with Gasteiger partial charge in [0.15, 0.2) is 5.65 Å². The highest BCUT2D eigenvalue weighted by Crippen LogP contribution is 2.40. The summed E-state index contributed by atoms with van der Waals surface area (Å²) in [6.07, 6.45) is -4.54. The number of nitrogens with zero attached hydrogens (tertiary/aromatic N) is 3. The number of benzene rings is 2. The molecule has 1 aliphatic heterocycles. The predicted molar refractivity (Wildman–Crippen MR) is 120 cm³/mol. The Bertz CT molecular complexity index is 1200. The number of anilines is 1. The normalized spacial score (nSPS) is 14.4. The minimum absolute atomic E-state index is 0. The van der Waals surface area contributed by atoms with Crippen LogP contribution in [-0.2, 0) is 10.9 Å². The second-order valence-electron chi connectivity index (χ2n) is 7.36. The fourth-order valence-electron chi connectivity index (χ4n) is 3.87. The highest BCUT2D eigenvalue weighted by molar-refractivity contribution is 5.95. The van der Waals surface area contributed by atoms with Gasteiger partial charge in [0.25, 0.3) is 0 Å². The van der Waals surface area contributed by atoms with E-state index in [-0.39, 0.29) is 34.8 Å². The molecule has 32 heavy (non-hydrogen) atoms.